The van der Waals surface area contributed by atoms with Crippen LogP contribution in [0.15, 0.2) is 60.0 Å². The summed E-state index contributed by atoms with van der Waals surface area (Å²) in [7, 11) is 0. The predicted molar refractivity (Wildman–Crippen MR) is 69.5 cm³/mol. The zero-order chi connectivity index (χ0) is 10.7. The van der Waals surface area contributed by atoms with Crippen molar-refractivity contribution in [1.82, 2.24) is 0 Å². The summed E-state index contributed by atoms with van der Waals surface area (Å²) in [4.78, 5) is 1.33. The molecule has 1 unspecified atom stereocenters. The smallest absolute Gasteiger partial charge is 0.0243 e. The van der Waals surface area contributed by atoms with Crippen LogP contribution in [0.3, 0.4) is 0 Å². The molecule has 0 N–H and O–H groups in total. The molecule has 0 aromatic heterocycles. The van der Waals surface area contributed by atoms with Crippen LogP contribution < -0.4 is 0 Å². The summed E-state index contributed by atoms with van der Waals surface area (Å²) in [5.41, 5.74) is 0. The normalized spacial score (nSPS) is 12.6. The molecular formula is C14H14S. The van der Waals surface area contributed by atoms with Gasteiger partial charge in [0.25, 0.3) is 0 Å². The number of hydrogen-bond acceptors (Lipinski definition) is 1. The zero-order valence-corrected chi connectivity index (χ0v) is 9.63. The molecule has 0 aliphatic rings. The molecule has 0 saturated carbocycles. The van der Waals surface area contributed by atoms with E-state index in [9.17, 15) is 0 Å². The van der Waals surface area contributed by atoms with E-state index < -0.39 is 0 Å². The lowest BCUT2D eigenvalue weighted by molar-refractivity contribution is 1.25. The Labute approximate surface area is 95.0 Å². The molecule has 1 heteroatoms. The van der Waals surface area contributed by atoms with Crippen molar-refractivity contribution in [2.45, 2.75) is 17.1 Å². The van der Waals surface area contributed by atoms with Crippen molar-refractivity contribution in [3.8, 4) is 0 Å². The van der Waals surface area contributed by atoms with Crippen molar-refractivity contribution in [3.63, 3.8) is 0 Å². The van der Waals surface area contributed by atoms with E-state index in [-0.39, 0.29) is 0 Å². The summed E-state index contributed by atoms with van der Waals surface area (Å²) in [5, 5.41) is 3.09. The molecule has 0 aliphatic heterocycles. The number of rotatable bonds is 3. The largest absolute Gasteiger partial charge is 0.118 e. The van der Waals surface area contributed by atoms with Gasteiger partial charge in [-0.05, 0) is 23.8 Å². The van der Waals surface area contributed by atoms with Gasteiger partial charge in [0, 0.05) is 10.1 Å². The summed E-state index contributed by atoms with van der Waals surface area (Å²) < 4.78 is 0. The fraction of sp³-hybridized carbons (Fsp3) is 0.143. The monoisotopic (exact) mass is 214 g/mol. The number of fused-ring (bicyclic) bond motifs is 1. The Morgan fingerprint density at radius 2 is 1.87 bits per heavy atom. The fourth-order valence-corrected chi connectivity index (χ4v) is 2.51. The van der Waals surface area contributed by atoms with Gasteiger partial charge in [-0.3, -0.25) is 0 Å². The molecular weight excluding hydrogens is 200 g/mol. The minimum absolute atomic E-state index is 0.454. The molecule has 15 heavy (non-hydrogen) atoms. The van der Waals surface area contributed by atoms with Gasteiger partial charge in [-0.1, -0.05) is 42.5 Å². The lowest BCUT2D eigenvalue weighted by atomic mass is 10.1. The Kier molecular flexibility index (Phi) is 3.12. The second-order valence-electron chi connectivity index (χ2n) is 3.54. The van der Waals surface area contributed by atoms with Gasteiger partial charge in [0.2, 0.25) is 0 Å². The molecule has 0 amide bonds. The predicted octanol–water partition coefficient (Wildman–Crippen LogP) is 4.51. The first-order chi connectivity index (χ1) is 7.31. The number of thioether (sulfide) groups is 1. The van der Waals surface area contributed by atoms with Gasteiger partial charge in [0.15, 0.2) is 0 Å². The topological polar surface area (TPSA) is 0 Å². The first-order valence-electron chi connectivity index (χ1n) is 5.08. The third-order valence-corrected chi connectivity index (χ3v) is 3.57. The fourth-order valence-electron chi connectivity index (χ4n) is 1.55. The third kappa shape index (κ3) is 2.24. The Hall–Kier alpha value is -1.21. The van der Waals surface area contributed by atoms with E-state index in [1.807, 2.05) is 17.8 Å². The van der Waals surface area contributed by atoms with Crippen molar-refractivity contribution in [2.75, 3.05) is 0 Å². The molecule has 1 atom stereocenters. The van der Waals surface area contributed by atoms with Crippen molar-refractivity contribution < 1.29 is 0 Å². The van der Waals surface area contributed by atoms with Crippen molar-refractivity contribution in [3.05, 3.63) is 55.1 Å². The first kappa shape index (κ1) is 10.3. The SMILES string of the molecule is C=CC(C)Sc1cccc2ccccc12. The minimum atomic E-state index is 0.454. The lowest BCUT2D eigenvalue weighted by Crippen LogP contribution is -1.88. The Morgan fingerprint density at radius 3 is 2.67 bits per heavy atom. The van der Waals surface area contributed by atoms with Gasteiger partial charge < -0.3 is 0 Å². The summed E-state index contributed by atoms with van der Waals surface area (Å²) in [6, 6.07) is 14.9. The van der Waals surface area contributed by atoms with Gasteiger partial charge in [-0.25, -0.2) is 0 Å². The van der Waals surface area contributed by atoms with Crippen LogP contribution in [-0.2, 0) is 0 Å². The zero-order valence-electron chi connectivity index (χ0n) is 8.81. The van der Waals surface area contributed by atoms with Crippen LogP contribution in [0.4, 0.5) is 0 Å². The molecule has 2 aromatic rings. The maximum Gasteiger partial charge on any atom is 0.0243 e. The highest BCUT2D eigenvalue weighted by Crippen LogP contribution is 2.30. The standard InChI is InChI=1S/C14H14S/c1-3-11(2)15-14-10-6-8-12-7-4-5-9-13(12)14/h3-11H,1H2,2H3. The van der Waals surface area contributed by atoms with Gasteiger partial charge >= 0.3 is 0 Å². The van der Waals surface area contributed by atoms with Crippen LogP contribution in [0.1, 0.15) is 6.92 Å². The molecule has 0 bridgehead atoms. The van der Waals surface area contributed by atoms with E-state index in [1.54, 1.807) is 0 Å². The summed E-state index contributed by atoms with van der Waals surface area (Å²) in [6.07, 6.45) is 1.98. The van der Waals surface area contributed by atoms with E-state index >= 15 is 0 Å². The molecule has 0 aliphatic carbocycles. The van der Waals surface area contributed by atoms with Crippen molar-refractivity contribution in [1.29, 1.82) is 0 Å². The average Bonchev–Trinajstić information content (AvgIpc) is 2.29. The van der Waals surface area contributed by atoms with Crippen molar-refractivity contribution >= 4 is 22.5 Å². The molecule has 0 heterocycles. The highest BCUT2D eigenvalue weighted by Gasteiger charge is 2.03. The summed E-state index contributed by atoms with van der Waals surface area (Å²) in [5.74, 6) is 0. The van der Waals surface area contributed by atoms with Crippen molar-refractivity contribution in [2.24, 2.45) is 0 Å². The molecule has 2 aromatic carbocycles. The molecule has 0 radical (unpaired) electrons. The second kappa shape index (κ2) is 4.54. The quantitative estimate of drug-likeness (QED) is 0.535. The van der Waals surface area contributed by atoms with E-state index in [0.29, 0.717) is 5.25 Å². The molecule has 0 saturated heterocycles. The maximum absolute atomic E-state index is 3.82. The molecule has 2 rings (SSSR count). The molecule has 0 nitrogen and oxygen atoms in total. The van der Waals surface area contributed by atoms with E-state index in [1.165, 1.54) is 15.7 Å². The second-order valence-corrected chi connectivity index (χ2v) is 4.96. The Morgan fingerprint density at radius 1 is 1.13 bits per heavy atom. The highest BCUT2D eigenvalue weighted by atomic mass is 32.2. The molecule has 0 fully saturated rings. The third-order valence-electron chi connectivity index (χ3n) is 2.39. The van der Waals surface area contributed by atoms with E-state index in [4.69, 9.17) is 0 Å². The maximum atomic E-state index is 3.82. The number of benzene rings is 2. The first-order valence-corrected chi connectivity index (χ1v) is 5.96. The van der Waals surface area contributed by atoms with Gasteiger partial charge in [0.1, 0.15) is 0 Å². The average molecular weight is 214 g/mol. The van der Waals surface area contributed by atoms with Crippen LogP contribution in [0, 0.1) is 0 Å². The Bertz CT molecular complexity index is 468. The van der Waals surface area contributed by atoms with Crippen LogP contribution >= 0.6 is 11.8 Å². The van der Waals surface area contributed by atoms with Crippen LogP contribution in [0.25, 0.3) is 10.8 Å². The van der Waals surface area contributed by atoms with Gasteiger partial charge in [-0.15, -0.1) is 18.3 Å². The molecule has 76 valence electrons. The lowest BCUT2D eigenvalue weighted by Gasteiger charge is -2.08. The van der Waals surface area contributed by atoms with Gasteiger partial charge in [0.05, 0.1) is 0 Å². The Balaban J connectivity index is 2.46. The van der Waals surface area contributed by atoms with Crippen LogP contribution in [-0.4, -0.2) is 5.25 Å². The van der Waals surface area contributed by atoms with Gasteiger partial charge in [-0.2, -0.15) is 0 Å². The number of hydrogen-bond donors (Lipinski definition) is 0. The molecule has 0 spiro atoms. The van der Waals surface area contributed by atoms with E-state index in [0.717, 1.165) is 0 Å². The van der Waals surface area contributed by atoms with E-state index in [2.05, 4.69) is 56.0 Å². The minimum Gasteiger partial charge on any atom is -0.118 e. The summed E-state index contributed by atoms with van der Waals surface area (Å²) in [6.45, 7) is 5.98. The van der Waals surface area contributed by atoms with Crippen LogP contribution in [0.5, 0.6) is 0 Å². The highest BCUT2D eigenvalue weighted by molar-refractivity contribution is 8.00. The van der Waals surface area contributed by atoms with Crippen LogP contribution in [0.2, 0.25) is 0 Å². The summed E-state index contributed by atoms with van der Waals surface area (Å²) >= 11 is 1.85.